The van der Waals surface area contributed by atoms with Gasteiger partial charge in [0.2, 0.25) is 0 Å². The molecule has 26 heavy (non-hydrogen) atoms. The Balaban J connectivity index is 1.78. The number of fused-ring (bicyclic) bond motifs is 1. The van der Waals surface area contributed by atoms with Gasteiger partial charge < -0.3 is 4.90 Å². The Kier molecular flexibility index (Phi) is 4.09. The number of carbonyl (C=O) groups excluding carboxylic acids is 1. The molecule has 0 saturated heterocycles. The first-order valence-corrected chi connectivity index (χ1v) is 8.36. The first-order chi connectivity index (χ1) is 12.7. The summed E-state index contributed by atoms with van der Waals surface area (Å²) in [6.07, 6.45) is 0. The van der Waals surface area contributed by atoms with Crippen LogP contribution in [0, 0.1) is 11.8 Å². The fraction of sp³-hybridized carbons (Fsp3) is 0.0435. The van der Waals surface area contributed by atoms with Crippen molar-refractivity contribution in [1.29, 1.82) is 0 Å². The molecule has 1 amide bonds. The van der Waals surface area contributed by atoms with Crippen LogP contribution in [0.5, 0.6) is 0 Å². The Labute approximate surface area is 152 Å². The van der Waals surface area contributed by atoms with Crippen LogP contribution >= 0.6 is 0 Å². The van der Waals surface area contributed by atoms with Gasteiger partial charge in [-0.2, -0.15) is 0 Å². The van der Waals surface area contributed by atoms with Crippen molar-refractivity contribution in [3.63, 3.8) is 0 Å². The maximum atomic E-state index is 12.6. The van der Waals surface area contributed by atoms with Gasteiger partial charge in [-0.25, -0.2) is 4.99 Å². The molecule has 124 valence electrons. The normalized spacial score (nSPS) is 14.1. The number of nitrogens with zero attached hydrogens (tertiary/aromatic N) is 2. The highest BCUT2D eigenvalue weighted by molar-refractivity contribution is 6.54. The second kappa shape index (κ2) is 6.70. The number of anilines is 1. The molecule has 0 radical (unpaired) electrons. The lowest BCUT2D eigenvalue weighted by atomic mass is 10.1. The topological polar surface area (TPSA) is 32.7 Å². The largest absolute Gasteiger partial charge is 0.309 e. The zero-order valence-corrected chi connectivity index (χ0v) is 14.3. The van der Waals surface area contributed by atoms with Crippen LogP contribution < -0.4 is 4.90 Å². The summed E-state index contributed by atoms with van der Waals surface area (Å²) in [6.45, 7) is 0. The maximum Gasteiger partial charge on any atom is 0.277 e. The molecule has 0 fully saturated rings. The minimum atomic E-state index is -0.1000. The molecule has 1 aliphatic rings. The number of likely N-dealkylation sites (N-methyl/N-ethyl adjacent to an activating group) is 1. The highest BCUT2D eigenvalue weighted by atomic mass is 16.2. The summed E-state index contributed by atoms with van der Waals surface area (Å²) in [5.74, 6) is 6.22. The number of benzene rings is 3. The lowest BCUT2D eigenvalue weighted by Crippen LogP contribution is -2.25. The lowest BCUT2D eigenvalue weighted by Gasteiger charge is -2.07. The molecular formula is C23H16N2O. The fourth-order valence-corrected chi connectivity index (χ4v) is 2.92. The smallest absolute Gasteiger partial charge is 0.277 e. The molecule has 0 saturated carbocycles. The van der Waals surface area contributed by atoms with Gasteiger partial charge in [-0.3, -0.25) is 4.79 Å². The van der Waals surface area contributed by atoms with Crippen molar-refractivity contribution in [1.82, 2.24) is 0 Å². The van der Waals surface area contributed by atoms with Gasteiger partial charge in [-0.05, 0) is 30.3 Å². The Bertz CT molecular complexity index is 1070. The van der Waals surface area contributed by atoms with E-state index in [-0.39, 0.29) is 5.91 Å². The maximum absolute atomic E-state index is 12.6. The van der Waals surface area contributed by atoms with Gasteiger partial charge >= 0.3 is 0 Å². The standard InChI is InChI=1S/C23H16N2O/c1-25-21-14-8-6-12-19(21)22(23(25)26)24-20-13-7-5-11-18(20)16-15-17-9-3-2-4-10-17/h2-14H,1H3/b24-22+. The van der Waals surface area contributed by atoms with Gasteiger partial charge in [-0.15, -0.1) is 0 Å². The second-order valence-corrected chi connectivity index (χ2v) is 5.97. The molecule has 0 bridgehead atoms. The van der Waals surface area contributed by atoms with E-state index in [4.69, 9.17) is 0 Å². The summed E-state index contributed by atoms with van der Waals surface area (Å²) in [5, 5.41) is 0. The van der Waals surface area contributed by atoms with E-state index < -0.39 is 0 Å². The molecule has 0 aromatic heterocycles. The quantitative estimate of drug-likeness (QED) is 0.614. The molecule has 0 aliphatic carbocycles. The van der Waals surface area contributed by atoms with Crippen LogP contribution in [0.3, 0.4) is 0 Å². The van der Waals surface area contributed by atoms with Gasteiger partial charge in [0, 0.05) is 18.2 Å². The Morgan fingerprint density at radius 2 is 1.50 bits per heavy atom. The van der Waals surface area contributed by atoms with E-state index in [0.29, 0.717) is 11.4 Å². The second-order valence-electron chi connectivity index (χ2n) is 5.97. The number of hydrogen-bond acceptors (Lipinski definition) is 2. The third kappa shape index (κ3) is 2.89. The Morgan fingerprint density at radius 1 is 0.808 bits per heavy atom. The van der Waals surface area contributed by atoms with Gasteiger partial charge in [0.1, 0.15) is 5.71 Å². The van der Waals surface area contributed by atoms with E-state index in [1.54, 1.807) is 11.9 Å². The highest BCUT2D eigenvalue weighted by Gasteiger charge is 2.30. The van der Waals surface area contributed by atoms with Crippen LogP contribution in [0.1, 0.15) is 16.7 Å². The van der Waals surface area contributed by atoms with Crippen molar-refractivity contribution in [3.05, 3.63) is 95.6 Å². The Hall–Kier alpha value is -3.64. The van der Waals surface area contributed by atoms with E-state index in [1.165, 1.54) is 0 Å². The molecular weight excluding hydrogens is 320 g/mol. The first-order valence-electron chi connectivity index (χ1n) is 8.36. The predicted octanol–water partition coefficient (Wildman–Crippen LogP) is 4.18. The van der Waals surface area contributed by atoms with Crippen molar-refractivity contribution in [2.75, 3.05) is 11.9 Å². The van der Waals surface area contributed by atoms with Gasteiger partial charge in [0.15, 0.2) is 0 Å². The number of para-hydroxylation sites is 2. The molecule has 1 heterocycles. The average Bonchev–Trinajstić information content (AvgIpc) is 2.93. The Morgan fingerprint density at radius 3 is 2.35 bits per heavy atom. The molecule has 1 aliphatic heterocycles. The van der Waals surface area contributed by atoms with Crippen LogP contribution in [-0.2, 0) is 4.79 Å². The molecule has 3 nitrogen and oxygen atoms in total. The minimum absolute atomic E-state index is 0.1000. The van der Waals surface area contributed by atoms with Crippen LogP contribution in [-0.4, -0.2) is 18.7 Å². The van der Waals surface area contributed by atoms with Crippen LogP contribution in [0.4, 0.5) is 11.4 Å². The van der Waals surface area contributed by atoms with Crippen LogP contribution in [0.15, 0.2) is 83.9 Å². The number of aliphatic imine (C=N–C) groups is 1. The molecule has 3 aromatic rings. The SMILES string of the molecule is CN1C(=O)/C(=N/c2ccccc2C#Cc2ccccc2)c2ccccc21. The molecule has 0 spiro atoms. The number of carbonyl (C=O) groups is 1. The van der Waals surface area contributed by atoms with Gasteiger partial charge in [-0.1, -0.05) is 60.4 Å². The predicted molar refractivity (Wildman–Crippen MR) is 105 cm³/mol. The van der Waals surface area contributed by atoms with E-state index in [0.717, 1.165) is 22.4 Å². The average molecular weight is 336 g/mol. The van der Waals surface area contributed by atoms with Crippen molar-refractivity contribution in [2.45, 2.75) is 0 Å². The summed E-state index contributed by atoms with van der Waals surface area (Å²) in [6, 6.07) is 25.1. The van der Waals surface area contributed by atoms with Crippen molar-refractivity contribution < 1.29 is 4.79 Å². The molecule has 3 heteroatoms. The first kappa shape index (κ1) is 15.9. The van der Waals surface area contributed by atoms with Crippen molar-refractivity contribution in [2.24, 2.45) is 4.99 Å². The fourth-order valence-electron chi connectivity index (χ4n) is 2.92. The third-order valence-electron chi connectivity index (χ3n) is 4.28. The summed E-state index contributed by atoms with van der Waals surface area (Å²) in [7, 11) is 1.77. The minimum Gasteiger partial charge on any atom is -0.309 e. The summed E-state index contributed by atoms with van der Waals surface area (Å²) >= 11 is 0. The summed E-state index contributed by atoms with van der Waals surface area (Å²) in [5.41, 5.74) is 4.62. The van der Waals surface area contributed by atoms with E-state index in [2.05, 4.69) is 16.8 Å². The van der Waals surface area contributed by atoms with Crippen molar-refractivity contribution in [3.8, 4) is 11.8 Å². The number of amides is 1. The molecule has 4 rings (SSSR count). The van der Waals surface area contributed by atoms with Gasteiger partial charge in [0.25, 0.3) is 5.91 Å². The molecule has 3 aromatic carbocycles. The third-order valence-corrected chi connectivity index (χ3v) is 4.28. The number of rotatable bonds is 1. The molecule has 0 N–H and O–H groups in total. The molecule has 0 atom stereocenters. The number of hydrogen-bond donors (Lipinski definition) is 0. The lowest BCUT2D eigenvalue weighted by molar-refractivity contribution is -0.111. The van der Waals surface area contributed by atoms with Crippen molar-refractivity contribution >= 4 is 23.0 Å². The van der Waals surface area contributed by atoms with Crippen LogP contribution in [0.2, 0.25) is 0 Å². The zero-order valence-electron chi connectivity index (χ0n) is 14.3. The van der Waals surface area contributed by atoms with Gasteiger partial charge in [0.05, 0.1) is 16.9 Å². The van der Waals surface area contributed by atoms with Crippen LogP contribution in [0.25, 0.3) is 0 Å². The van der Waals surface area contributed by atoms with E-state index in [9.17, 15) is 4.79 Å². The summed E-state index contributed by atoms with van der Waals surface area (Å²) < 4.78 is 0. The summed E-state index contributed by atoms with van der Waals surface area (Å²) in [4.78, 5) is 18.9. The molecule has 0 unspecified atom stereocenters. The van der Waals surface area contributed by atoms with E-state index >= 15 is 0 Å². The zero-order chi connectivity index (χ0) is 17.9. The highest BCUT2D eigenvalue weighted by Crippen LogP contribution is 2.30. The monoisotopic (exact) mass is 336 g/mol. The van der Waals surface area contributed by atoms with E-state index in [1.807, 2.05) is 78.9 Å².